The van der Waals surface area contributed by atoms with Gasteiger partial charge in [-0.3, -0.25) is 9.79 Å². The maximum atomic E-state index is 12.6. The van der Waals surface area contributed by atoms with Gasteiger partial charge in [0.2, 0.25) is 5.82 Å². The highest BCUT2D eigenvalue weighted by Gasteiger charge is 2.37. The van der Waals surface area contributed by atoms with E-state index in [0.29, 0.717) is 41.6 Å². The number of carbonyl (C=O) groups is 1. The summed E-state index contributed by atoms with van der Waals surface area (Å²) in [5.74, 6) is 1.62. The van der Waals surface area contributed by atoms with Gasteiger partial charge in [-0.05, 0) is 31.0 Å². The Morgan fingerprint density at radius 2 is 2.08 bits per heavy atom. The summed E-state index contributed by atoms with van der Waals surface area (Å²) in [6.07, 6.45) is 5.68. The maximum Gasteiger partial charge on any atom is 0.258 e. The number of nitrogens with zero attached hydrogens (tertiary/aromatic N) is 3. The summed E-state index contributed by atoms with van der Waals surface area (Å²) in [6.45, 7) is 4.74. The molecule has 1 aromatic heterocycles. The molecule has 1 aromatic carbocycles. The predicted octanol–water partition coefficient (Wildman–Crippen LogP) is 3.73. The van der Waals surface area contributed by atoms with Crippen molar-refractivity contribution in [2.75, 3.05) is 6.54 Å². The van der Waals surface area contributed by atoms with Crippen molar-refractivity contribution in [3.63, 3.8) is 0 Å². The van der Waals surface area contributed by atoms with Crippen molar-refractivity contribution in [3.05, 3.63) is 35.7 Å². The first-order valence-electron chi connectivity index (χ1n) is 8.55. The lowest BCUT2D eigenvalue weighted by atomic mass is 9.85. The van der Waals surface area contributed by atoms with E-state index in [-0.39, 0.29) is 5.78 Å². The number of hydrogen-bond donors (Lipinski definition) is 0. The Bertz CT molecular complexity index is 891. The number of allylic oxidation sites excluding steroid dienone is 1. The number of benzene rings is 1. The van der Waals surface area contributed by atoms with Gasteiger partial charge in [0.05, 0.1) is 18.5 Å². The van der Waals surface area contributed by atoms with Gasteiger partial charge in [-0.15, -0.1) is 0 Å². The first-order valence-corrected chi connectivity index (χ1v) is 8.55. The van der Waals surface area contributed by atoms with Crippen LogP contribution in [0.5, 0.6) is 5.75 Å². The molecule has 3 heterocycles. The molecule has 0 unspecified atom stereocenters. The summed E-state index contributed by atoms with van der Waals surface area (Å²) in [7, 11) is 0. The fourth-order valence-electron chi connectivity index (χ4n) is 3.23. The molecule has 0 atom stereocenters. The Balaban J connectivity index is 1.67. The number of rotatable bonds is 4. The second-order valence-corrected chi connectivity index (χ2v) is 6.38. The molecule has 0 radical (unpaired) electrons. The molecule has 0 aliphatic carbocycles. The molecule has 128 valence electrons. The van der Waals surface area contributed by atoms with Crippen LogP contribution in [-0.2, 0) is 0 Å². The monoisotopic (exact) mass is 337 g/mol. The van der Waals surface area contributed by atoms with Gasteiger partial charge in [0.1, 0.15) is 11.4 Å². The molecular formula is C19H19N3O3. The van der Waals surface area contributed by atoms with Crippen molar-refractivity contribution in [2.24, 2.45) is 4.99 Å². The Morgan fingerprint density at radius 3 is 2.80 bits per heavy atom. The molecule has 0 amide bonds. The lowest BCUT2D eigenvalue weighted by molar-refractivity contribution is 0.0350. The number of aliphatic imine (C=N–C) groups is 1. The van der Waals surface area contributed by atoms with Crippen molar-refractivity contribution in [2.45, 2.75) is 38.7 Å². The molecule has 6 heteroatoms. The molecule has 6 nitrogen and oxygen atoms in total. The number of carbonyl (C=O) groups excluding carboxylic acids is 1. The van der Waals surface area contributed by atoms with Crippen LogP contribution < -0.4 is 4.74 Å². The predicted molar refractivity (Wildman–Crippen MR) is 94.0 cm³/mol. The molecule has 0 saturated carbocycles. The topological polar surface area (TPSA) is 77.6 Å². The summed E-state index contributed by atoms with van der Waals surface area (Å²) in [4.78, 5) is 21.2. The van der Waals surface area contributed by atoms with Gasteiger partial charge in [0, 0.05) is 17.4 Å². The molecule has 2 aliphatic heterocycles. The van der Waals surface area contributed by atoms with E-state index in [1.165, 1.54) is 0 Å². The summed E-state index contributed by atoms with van der Waals surface area (Å²) in [6, 6.07) is 5.45. The van der Waals surface area contributed by atoms with Gasteiger partial charge < -0.3 is 9.26 Å². The van der Waals surface area contributed by atoms with Crippen molar-refractivity contribution in [1.82, 2.24) is 10.1 Å². The molecule has 25 heavy (non-hydrogen) atoms. The SMILES string of the molecule is CCC1(CC)CC(=O)c2cc(-c3nc(C4=CCN=C4)no3)ccc2O1. The quantitative estimate of drug-likeness (QED) is 0.849. The zero-order valence-electron chi connectivity index (χ0n) is 14.3. The van der Waals surface area contributed by atoms with E-state index in [1.807, 2.05) is 18.2 Å². The third-order valence-electron chi connectivity index (χ3n) is 4.96. The van der Waals surface area contributed by atoms with Gasteiger partial charge >= 0.3 is 0 Å². The number of hydrogen-bond acceptors (Lipinski definition) is 6. The van der Waals surface area contributed by atoms with E-state index in [2.05, 4.69) is 29.0 Å². The van der Waals surface area contributed by atoms with E-state index in [4.69, 9.17) is 9.26 Å². The number of ether oxygens (including phenoxy) is 1. The van der Waals surface area contributed by atoms with Gasteiger partial charge in [0.15, 0.2) is 5.78 Å². The molecule has 0 bridgehead atoms. The molecule has 0 N–H and O–H groups in total. The minimum Gasteiger partial charge on any atom is -0.486 e. The second-order valence-electron chi connectivity index (χ2n) is 6.38. The van der Waals surface area contributed by atoms with Gasteiger partial charge in [-0.1, -0.05) is 25.1 Å². The number of Topliss-reactive ketones (excluding diaryl/α,β-unsaturated/α-hetero) is 1. The Hall–Kier alpha value is -2.76. The number of fused-ring (bicyclic) bond motifs is 1. The van der Waals surface area contributed by atoms with E-state index >= 15 is 0 Å². The Morgan fingerprint density at radius 1 is 1.24 bits per heavy atom. The summed E-state index contributed by atoms with van der Waals surface area (Å²) in [5.41, 5.74) is 1.75. The first kappa shape index (κ1) is 15.7. The third-order valence-corrected chi connectivity index (χ3v) is 4.96. The highest BCUT2D eigenvalue weighted by Crippen LogP contribution is 2.38. The Kier molecular flexibility index (Phi) is 3.75. The van der Waals surface area contributed by atoms with E-state index < -0.39 is 5.60 Å². The van der Waals surface area contributed by atoms with Crippen LogP contribution in [0.25, 0.3) is 17.0 Å². The van der Waals surface area contributed by atoms with E-state index in [0.717, 1.165) is 18.4 Å². The van der Waals surface area contributed by atoms with Crippen LogP contribution >= 0.6 is 0 Å². The maximum absolute atomic E-state index is 12.6. The summed E-state index contributed by atoms with van der Waals surface area (Å²) in [5, 5.41) is 3.99. The molecule has 0 fully saturated rings. The Labute approximate surface area is 145 Å². The number of aromatic nitrogens is 2. The van der Waals surface area contributed by atoms with Gasteiger partial charge in [0.25, 0.3) is 5.89 Å². The summed E-state index contributed by atoms with van der Waals surface area (Å²) >= 11 is 0. The first-order chi connectivity index (χ1) is 12.1. The minimum atomic E-state index is -0.391. The van der Waals surface area contributed by atoms with Crippen molar-refractivity contribution < 1.29 is 14.1 Å². The zero-order chi connectivity index (χ0) is 17.4. The molecule has 0 spiro atoms. The second kappa shape index (κ2) is 5.95. The van der Waals surface area contributed by atoms with Crippen LogP contribution in [0.3, 0.4) is 0 Å². The van der Waals surface area contributed by atoms with Crippen LogP contribution in [0.1, 0.15) is 49.3 Å². The highest BCUT2D eigenvalue weighted by molar-refractivity contribution is 6.10. The zero-order valence-corrected chi connectivity index (χ0v) is 14.3. The average Bonchev–Trinajstić information content (AvgIpc) is 3.32. The van der Waals surface area contributed by atoms with Crippen molar-refractivity contribution in [1.29, 1.82) is 0 Å². The van der Waals surface area contributed by atoms with E-state index in [1.54, 1.807) is 12.3 Å². The van der Waals surface area contributed by atoms with Crippen LogP contribution in [0.2, 0.25) is 0 Å². The van der Waals surface area contributed by atoms with Gasteiger partial charge in [-0.2, -0.15) is 4.98 Å². The molecular weight excluding hydrogens is 318 g/mol. The van der Waals surface area contributed by atoms with Crippen molar-refractivity contribution in [3.8, 4) is 17.2 Å². The lowest BCUT2D eigenvalue weighted by Gasteiger charge is -2.36. The molecule has 2 aromatic rings. The minimum absolute atomic E-state index is 0.0946. The van der Waals surface area contributed by atoms with Crippen LogP contribution in [0.15, 0.2) is 33.8 Å². The average molecular weight is 337 g/mol. The van der Waals surface area contributed by atoms with Crippen LogP contribution in [0, 0.1) is 0 Å². The fraction of sp³-hybridized carbons (Fsp3) is 0.368. The normalized spacial score (nSPS) is 18.0. The van der Waals surface area contributed by atoms with E-state index in [9.17, 15) is 4.79 Å². The van der Waals surface area contributed by atoms with Crippen molar-refractivity contribution >= 4 is 17.6 Å². The molecule has 2 aliphatic rings. The smallest absolute Gasteiger partial charge is 0.258 e. The lowest BCUT2D eigenvalue weighted by Crippen LogP contribution is -2.40. The number of ketones is 1. The standard InChI is InChI=1S/C19H19N3O3/c1-3-19(4-2)10-15(23)14-9-12(5-6-16(14)24-19)18-21-17(22-25-18)13-7-8-20-11-13/h5-7,9,11H,3-4,8,10H2,1-2H3. The third kappa shape index (κ3) is 2.67. The van der Waals surface area contributed by atoms with Crippen LogP contribution in [-0.4, -0.2) is 34.3 Å². The molecule has 4 rings (SSSR count). The fourth-order valence-corrected chi connectivity index (χ4v) is 3.23. The molecule has 0 saturated heterocycles. The summed E-state index contributed by atoms with van der Waals surface area (Å²) < 4.78 is 11.5. The van der Waals surface area contributed by atoms with Crippen LogP contribution in [0.4, 0.5) is 0 Å². The van der Waals surface area contributed by atoms with Gasteiger partial charge in [-0.25, -0.2) is 0 Å². The highest BCUT2D eigenvalue weighted by atomic mass is 16.5. The largest absolute Gasteiger partial charge is 0.486 e.